The van der Waals surface area contributed by atoms with Crippen LogP contribution in [0.25, 0.3) is 0 Å². The van der Waals surface area contributed by atoms with Crippen LogP contribution in [0.5, 0.6) is 0 Å². The minimum absolute atomic E-state index is 0.498. The first kappa shape index (κ1) is 15.4. The second kappa shape index (κ2) is 4.34. The average molecular weight is 273 g/mol. The van der Waals surface area contributed by atoms with Crippen molar-refractivity contribution in [3.8, 4) is 6.07 Å². The molecule has 0 N–H and O–H groups in total. The summed E-state index contributed by atoms with van der Waals surface area (Å²) >= 11 is 0. The first-order valence-corrected chi connectivity index (χ1v) is 3.33. The van der Waals surface area contributed by atoms with Gasteiger partial charge in [-0.05, 0) is 0 Å². The number of halogens is 9. The van der Waals surface area contributed by atoms with E-state index in [2.05, 4.69) is 4.74 Å². The Morgan fingerprint density at radius 3 is 1.59 bits per heavy atom. The van der Waals surface area contributed by atoms with Crippen LogP contribution in [-0.2, 0) is 4.74 Å². The zero-order valence-corrected chi connectivity index (χ0v) is 7.26. The molecule has 0 aromatic rings. The molecule has 0 heterocycles. The van der Waals surface area contributed by atoms with Crippen molar-refractivity contribution in [2.45, 2.75) is 18.0 Å². The minimum atomic E-state index is -6.47. The van der Waals surface area contributed by atoms with Crippen molar-refractivity contribution in [2.24, 2.45) is 0 Å². The van der Waals surface area contributed by atoms with Crippen molar-refractivity contribution in [3.63, 3.8) is 0 Å². The largest absolute Gasteiger partial charge is 0.458 e. The molecule has 0 amide bonds. The van der Waals surface area contributed by atoms with E-state index in [1.165, 1.54) is 0 Å². The summed E-state index contributed by atoms with van der Waals surface area (Å²) in [4.78, 5) is 0. The molecule has 17 heavy (non-hydrogen) atoms. The highest BCUT2D eigenvalue weighted by atomic mass is 19.4. The number of hydrogen-bond donors (Lipinski definition) is 0. The van der Waals surface area contributed by atoms with E-state index in [0.29, 0.717) is 0 Å². The molecule has 98 valence electrons. The maximum Gasteiger partial charge on any atom is 0.458 e. The molecule has 1 unspecified atom stereocenters. The Balaban J connectivity index is 5.45. The second-order valence-corrected chi connectivity index (χ2v) is 2.42. The summed E-state index contributed by atoms with van der Waals surface area (Å²) in [6.07, 6.45) is -16.2. The van der Waals surface area contributed by atoms with Gasteiger partial charge in [0.15, 0.2) is 0 Å². The van der Waals surface area contributed by atoms with E-state index in [9.17, 15) is 39.5 Å². The zero-order chi connectivity index (χ0) is 14.1. The molecule has 0 aliphatic carbocycles. The molecular weight excluding hydrogens is 273 g/mol. The van der Waals surface area contributed by atoms with Crippen molar-refractivity contribution in [3.05, 3.63) is 12.1 Å². The predicted octanol–water partition coefficient (Wildman–Crippen LogP) is 3.43. The van der Waals surface area contributed by atoms with Crippen molar-refractivity contribution >= 4 is 0 Å². The van der Waals surface area contributed by atoms with Crippen LogP contribution in [0.2, 0.25) is 0 Å². The number of nitrogens with zero attached hydrogens (tertiary/aromatic N) is 1. The number of alkyl halides is 6. The Bertz CT molecular complexity index is 363. The second-order valence-electron chi connectivity index (χ2n) is 2.42. The van der Waals surface area contributed by atoms with Gasteiger partial charge in [0.2, 0.25) is 0 Å². The third-order valence-corrected chi connectivity index (χ3v) is 1.31. The van der Waals surface area contributed by atoms with Crippen LogP contribution in [0.15, 0.2) is 12.1 Å². The number of hydrogen-bond acceptors (Lipinski definition) is 2. The SMILES string of the molecule is N#CC(F)(C(F)(F)F)C(F)(F)OC(F)=C(F)F. The van der Waals surface area contributed by atoms with Gasteiger partial charge in [0.25, 0.3) is 0 Å². The Labute approximate surface area is 86.9 Å². The maximum absolute atomic E-state index is 12.6. The molecule has 11 heteroatoms. The van der Waals surface area contributed by atoms with E-state index in [0.717, 1.165) is 0 Å². The lowest BCUT2D eigenvalue weighted by Crippen LogP contribution is -2.55. The third-order valence-electron chi connectivity index (χ3n) is 1.31. The van der Waals surface area contributed by atoms with E-state index in [-0.39, 0.29) is 0 Å². The maximum atomic E-state index is 12.6. The summed E-state index contributed by atoms with van der Waals surface area (Å²) in [6, 6.07) is -3.92. The molecule has 1 atom stereocenters. The fourth-order valence-electron chi connectivity index (χ4n) is 0.515. The summed E-state index contributed by atoms with van der Waals surface area (Å²) in [5, 5.41) is 7.68. The topological polar surface area (TPSA) is 33.0 Å². The minimum Gasteiger partial charge on any atom is -0.399 e. The quantitative estimate of drug-likeness (QED) is 0.583. The highest BCUT2D eigenvalue weighted by Gasteiger charge is 2.75. The van der Waals surface area contributed by atoms with Crippen LogP contribution in [0.3, 0.4) is 0 Å². The Morgan fingerprint density at radius 1 is 0.941 bits per heavy atom. The molecule has 0 aliphatic rings. The first-order chi connectivity index (χ1) is 7.39. The summed E-state index contributed by atoms with van der Waals surface area (Å²) in [5.41, 5.74) is -5.97. The van der Waals surface area contributed by atoms with E-state index in [1.54, 1.807) is 0 Å². The lowest BCUT2D eigenvalue weighted by molar-refractivity contribution is -0.358. The molecule has 0 radical (unpaired) electrons. The standard InChI is InChI=1S/C6F9NO/c7-2(8)3(9)17-6(14,15)4(10,1-16)5(11,12)13. The molecule has 0 aliphatic heterocycles. The van der Waals surface area contributed by atoms with E-state index in [1.807, 2.05) is 0 Å². The molecule has 0 rings (SSSR count). The van der Waals surface area contributed by atoms with Crippen LogP contribution in [0.4, 0.5) is 39.5 Å². The lowest BCUT2D eigenvalue weighted by Gasteiger charge is -2.27. The fourth-order valence-corrected chi connectivity index (χ4v) is 0.515. The Kier molecular flexibility index (Phi) is 3.93. The van der Waals surface area contributed by atoms with Gasteiger partial charge >= 0.3 is 30.0 Å². The summed E-state index contributed by atoms with van der Waals surface area (Å²) in [5.74, 6) is 0. The van der Waals surface area contributed by atoms with Gasteiger partial charge in [0, 0.05) is 0 Å². The molecule has 0 fully saturated rings. The van der Waals surface area contributed by atoms with Gasteiger partial charge in [-0.1, -0.05) is 0 Å². The van der Waals surface area contributed by atoms with Gasteiger partial charge in [-0.3, -0.25) is 0 Å². The molecule has 0 saturated heterocycles. The summed E-state index contributed by atoms with van der Waals surface area (Å²) < 4.78 is 109. The van der Waals surface area contributed by atoms with Crippen LogP contribution in [-0.4, -0.2) is 18.0 Å². The van der Waals surface area contributed by atoms with E-state index < -0.39 is 36.1 Å². The Morgan fingerprint density at radius 2 is 1.35 bits per heavy atom. The predicted molar refractivity (Wildman–Crippen MR) is 31.9 cm³/mol. The normalized spacial score (nSPS) is 15.8. The fraction of sp³-hybridized carbons (Fsp3) is 0.500. The molecular formula is C6F9NO. The summed E-state index contributed by atoms with van der Waals surface area (Å²) in [7, 11) is 0. The molecule has 0 bridgehead atoms. The van der Waals surface area contributed by atoms with Crippen molar-refractivity contribution < 1.29 is 44.3 Å². The molecule has 2 nitrogen and oxygen atoms in total. The van der Waals surface area contributed by atoms with Gasteiger partial charge in [-0.15, -0.1) is 0 Å². The van der Waals surface area contributed by atoms with Crippen LogP contribution in [0.1, 0.15) is 0 Å². The van der Waals surface area contributed by atoms with Gasteiger partial charge in [0.1, 0.15) is 6.07 Å². The van der Waals surface area contributed by atoms with E-state index >= 15 is 0 Å². The molecule has 0 aromatic heterocycles. The molecule has 0 spiro atoms. The van der Waals surface area contributed by atoms with Crippen molar-refractivity contribution in [1.29, 1.82) is 5.26 Å². The van der Waals surface area contributed by atoms with Crippen molar-refractivity contribution in [1.82, 2.24) is 0 Å². The zero-order valence-electron chi connectivity index (χ0n) is 7.26. The summed E-state index contributed by atoms with van der Waals surface area (Å²) in [6.45, 7) is 0. The number of nitriles is 1. The van der Waals surface area contributed by atoms with Gasteiger partial charge in [0.05, 0.1) is 0 Å². The molecule has 0 saturated carbocycles. The first-order valence-electron chi connectivity index (χ1n) is 3.33. The van der Waals surface area contributed by atoms with Gasteiger partial charge in [-0.2, -0.15) is 40.4 Å². The van der Waals surface area contributed by atoms with Crippen molar-refractivity contribution in [2.75, 3.05) is 0 Å². The Hall–Kier alpha value is -1.60. The van der Waals surface area contributed by atoms with Gasteiger partial charge in [-0.25, -0.2) is 4.39 Å². The number of rotatable bonds is 3. The average Bonchev–Trinajstić information content (AvgIpc) is 2.13. The highest BCUT2D eigenvalue weighted by Crippen LogP contribution is 2.46. The lowest BCUT2D eigenvalue weighted by atomic mass is 10.1. The van der Waals surface area contributed by atoms with E-state index in [4.69, 9.17) is 5.26 Å². The highest BCUT2D eigenvalue weighted by molar-refractivity contribution is 5.12. The van der Waals surface area contributed by atoms with Crippen LogP contribution < -0.4 is 0 Å². The van der Waals surface area contributed by atoms with Gasteiger partial charge < -0.3 is 4.74 Å². The van der Waals surface area contributed by atoms with Crippen LogP contribution >= 0.6 is 0 Å². The molecule has 0 aromatic carbocycles. The monoisotopic (exact) mass is 273 g/mol. The van der Waals surface area contributed by atoms with Crippen LogP contribution in [0, 0.1) is 11.3 Å². The third kappa shape index (κ3) is 2.75. The smallest absolute Gasteiger partial charge is 0.399 e. The number of ether oxygens (including phenoxy) is 1.